The van der Waals surface area contributed by atoms with Gasteiger partial charge in [0, 0.05) is 19.3 Å². The Morgan fingerprint density at radius 1 is 0.300 bits per heavy atom. The molecule has 0 bridgehead atoms. The predicted molar refractivity (Wildman–Crippen MR) is 302 cm³/mol. The fourth-order valence-electron chi connectivity index (χ4n) is 8.19. The van der Waals surface area contributed by atoms with Crippen LogP contribution < -0.4 is 0 Å². The third kappa shape index (κ3) is 55.5. The van der Waals surface area contributed by atoms with Gasteiger partial charge in [0.25, 0.3) is 0 Å². The molecular weight excluding hydrogens is 865 g/mol. The zero-order valence-electron chi connectivity index (χ0n) is 46.0. The number of hydrogen-bond acceptors (Lipinski definition) is 6. The van der Waals surface area contributed by atoms with Crippen molar-refractivity contribution in [3.63, 3.8) is 0 Å². The Bertz CT molecular complexity index is 1350. The van der Waals surface area contributed by atoms with Crippen LogP contribution in [0.4, 0.5) is 0 Å². The molecule has 1 unspecified atom stereocenters. The molecule has 0 aromatic carbocycles. The van der Waals surface area contributed by atoms with Crippen LogP contribution in [-0.4, -0.2) is 37.2 Å². The molecule has 0 aliphatic rings. The molecule has 0 N–H and O–H groups in total. The van der Waals surface area contributed by atoms with Gasteiger partial charge in [-0.3, -0.25) is 14.4 Å². The maximum absolute atomic E-state index is 12.9. The Labute approximate surface area is 433 Å². The lowest BCUT2D eigenvalue weighted by molar-refractivity contribution is -0.167. The second kappa shape index (κ2) is 58.2. The van der Waals surface area contributed by atoms with Crippen LogP contribution in [0.25, 0.3) is 0 Å². The van der Waals surface area contributed by atoms with Gasteiger partial charge in [-0.2, -0.15) is 0 Å². The SMILES string of the molecule is CC/C=C\C/C=C\C/C=C\C/C=C\C/C=C\C/C=C\CCCCC(=O)OCC(COC(=O)CCCCCCC/C=C\CCCC)OC(=O)CCCCCCCCCCCCCCCCCCCCCC. The first-order chi connectivity index (χ1) is 34.5. The minimum atomic E-state index is -0.797. The van der Waals surface area contributed by atoms with E-state index in [-0.39, 0.29) is 31.1 Å². The summed E-state index contributed by atoms with van der Waals surface area (Å²) in [6, 6.07) is 0. The summed E-state index contributed by atoms with van der Waals surface area (Å²) in [5, 5.41) is 0. The molecule has 0 aliphatic heterocycles. The number of ether oxygens (including phenoxy) is 3. The molecule has 0 heterocycles. The van der Waals surface area contributed by atoms with Crippen molar-refractivity contribution in [3.8, 4) is 0 Å². The monoisotopic (exact) mass is 975 g/mol. The first-order valence-corrected chi connectivity index (χ1v) is 29.6. The molecule has 1 atom stereocenters. The van der Waals surface area contributed by atoms with Crippen LogP contribution in [0.3, 0.4) is 0 Å². The largest absolute Gasteiger partial charge is 0.462 e. The van der Waals surface area contributed by atoms with Crippen molar-refractivity contribution >= 4 is 17.9 Å². The molecule has 0 aliphatic carbocycles. The van der Waals surface area contributed by atoms with Crippen LogP contribution >= 0.6 is 0 Å². The molecule has 6 nitrogen and oxygen atoms in total. The molecule has 0 saturated carbocycles. The zero-order chi connectivity index (χ0) is 50.7. The molecule has 0 aromatic rings. The van der Waals surface area contributed by atoms with E-state index in [0.29, 0.717) is 19.3 Å². The van der Waals surface area contributed by atoms with Crippen LogP contribution in [0.5, 0.6) is 0 Å². The first kappa shape index (κ1) is 66.6. The van der Waals surface area contributed by atoms with E-state index in [9.17, 15) is 14.4 Å². The van der Waals surface area contributed by atoms with Gasteiger partial charge in [-0.1, -0.05) is 260 Å². The van der Waals surface area contributed by atoms with Crippen molar-refractivity contribution in [1.82, 2.24) is 0 Å². The molecule has 0 fully saturated rings. The van der Waals surface area contributed by atoms with E-state index in [2.05, 4.69) is 106 Å². The van der Waals surface area contributed by atoms with E-state index >= 15 is 0 Å². The zero-order valence-corrected chi connectivity index (χ0v) is 46.0. The minimum Gasteiger partial charge on any atom is -0.462 e. The number of allylic oxidation sites excluding steroid dienone is 14. The number of carbonyl (C=O) groups excluding carboxylic acids is 3. The fourth-order valence-corrected chi connectivity index (χ4v) is 8.19. The molecule has 0 aromatic heterocycles. The van der Waals surface area contributed by atoms with Crippen LogP contribution in [0.15, 0.2) is 85.1 Å². The Morgan fingerprint density at radius 3 is 0.957 bits per heavy atom. The second-order valence-corrected chi connectivity index (χ2v) is 19.5. The maximum atomic E-state index is 12.9. The van der Waals surface area contributed by atoms with Gasteiger partial charge in [0.15, 0.2) is 6.10 Å². The summed E-state index contributed by atoms with van der Waals surface area (Å²) in [4.78, 5) is 38.1. The molecule has 0 rings (SSSR count). The van der Waals surface area contributed by atoms with E-state index in [4.69, 9.17) is 14.2 Å². The lowest BCUT2D eigenvalue weighted by Crippen LogP contribution is -2.30. The standard InChI is InChI=1S/C64H110O6/c1-4-7-10-13-16-19-22-24-26-28-30-32-34-35-37-39-42-45-48-51-54-57-63(66)69-60-61(59-68-62(65)56-53-50-47-44-41-21-18-15-12-9-6-3)70-64(67)58-55-52-49-46-43-40-38-36-33-31-29-27-25-23-20-17-14-11-8-5-2/h7,10,15-16,18-19,24,26,30,32,35,37,42,45,61H,4-6,8-9,11-14,17,20-23,25,27-29,31,33-34,36,38-41,43-44,46-60H2,1-3H3/b10-7-,18-15-,19-16-,26-24-,32-30-,37-35-,45-42-. The van der Waals surface area contributed by atoms with Crippen molar-refractivity contribution in [2.45, 2.75) is 290 Å². The van der Waals surface area contributed by atoms with E-state index in [1.54, 1.807) is 0 Å². The van der Waals surface area contributed by atoms with Gasteiger partial charge in [-0.25, -0.2) is 0 Å². The summed E-state index contributed by atoms with van der Waals surface area (Å²) in [5.41, 5.74) is 0. The van der Waals surface area contributed by atoms with Crippen LogP contribution in [0.2, 0.25) is 0 Å². The van der Waals surface area contributed by atoms with Crippen molar-refractivity contribution in [2.24, 2.45) is 0 Å². The molecule has 70 heavy (non-hydrogen) atoms. The van der Waals surface area contributed by atoms with Crippen LogP contribution in [-0.2, 0) is 28.6 Å². The second-order valence-electron chi connectivity index (χ2n) is 19.5. The number of carbonyl (C=O) groups is 3. The van der Waals surface area contributed by atoms with Crippen molar-refractivity contribution < 1.29 is 28.6 Å². The topological polar surface area (TPSA) is 78.9 Å². The van der Waals surface area contributed by atoms with E-state index in [1.807, 2.05) is 0 Å². The molecule has 0 amide bonds. The number of hydrogen-bond donors (Lipinski definition) is 0. The minimum absolute atomic E-state index is 0.0931. The molecule has 6 heteroatoms. The van der Waals surface area contributed by atoms with Gasteiger partial charge < -0.3 is 14.2 Å². The van der Waals surface area contributed by atoms with Crippen molar-refractivity contribution in [3.05, 3.63) is 85.1 Å². The van der Waals surface area contributed by atoms with Gasteiger partial charge in [0.2, 0.25) is 0 Å². The number of rotatable bonds is 53. The Hall–Kier alpha value is -3.41. The van der Waals surface area contributed by atoms with Crippen molar-refractivity contribution in [2.75, 3.05) is 13.2 Å². The third-order valence-electron chi connectivity index (χ3n) is 12.6. The summed E-state index contributed by atoms with van der Waals surface area (Å²) in [5.74, 6) is -0.938. The first-order valence-electron chi connectivity index (χ1n) is 29.6. The normalized spacial score (nSPS) is 12.7. The fraction of sp³-hybridized carbons (Fsp3) is 0.734. The lowest BCUT2D eigenvalue weighted by atomic mass is 10.0. The summed E-state index contributed by atoms with van der Waals surface area (Å²) in [6.07, 6.45) is 75.8. The third-order valence-corrected chi connectivity index (χ3v) is 12.6. The van der Waals surface area contributed by atoms with Gasteiger partial charge in [-0.05, 0) is 89.9 Å². The number of esters is 3. The summed E-state index contributed by atoms with van der Waals surface area (Å²) >= 11 is 0. The highest BCUT2D eigenvalue weighted by atomic mass is 16.6. The lowest BCUT2D eigenvalue weighted by Gasteiger charge is -2.18. The predicted octanol–water partition coefficient (Wildman–Crippen LogP) is 19.9. The van der Waals surface area contributed by atoms with Crippen molar-refractivity contribution in [1.29, 1.82) is 0 Å². The van der Waals surface area contributed by atoms with Gasteiger partial charge in [0.05, 0.1) is 0 Å². The number of unbranched alkanes of at least 4 members (excludes halogenated alkanes) is 28. The summed E-state index contributed by atoms with van der Waals surface area (Å²) in [6.45, 7) is 6.47. The van der Waals surface area contributed by atoms with Crippen LogP contribution in [0, 0.1) is 0 Å². The summed E-state index contributed by atoms with van der Waals surface area (Å²) < 4.78 is 16.8. The Kier molecular flexibility index (Phi) is 55.3. The quantitative estimate of drug-likeness (QED) is 0.0261. The van der Waals surface area contributed by atoms with Crippen LogP contribution in [0.1, 0.15) is 284 Å². The van der Waals surface area contributed by atoms with E-state index < -0.39 is 6.10 Å². The Balaban J connectivity index is 4.39. The molecule has 0 spiro atoms. The molecule has 402 valence electrons. The highest BCUT2D eigenvalue weighted by Crippen LogP contribution is 2.16. The molecule has 0 saturated heterocycles. The maximum Gasteiger partial charge on any atom is 0.306 e. The average molecular weight is 976 g/mol. The highest BCUT2D eigenvalue weighted by molar-refractivity contribution is 5.71. The average Bonchev–Trinajstić information content (AvgIpc) is 3.36. The van der Waals surface area contributed by atoms with Gasteiger partial charge in [0.1, 0.15) is 13.2 Å². The highest BCUT2D eigenvalue weighted by Gasteiger charge is 2.19. The smallest absolute Gasteiger partial charge is 0.306 e. The summed E-state index contributed by atoms with van der Waals surface area (Å²) in [7, 11) is 0. The Morgan fingerprint density at radius 2 is 0.571 bits per heavy atom. The molecule has 0 radical (unpaired) electrons. The van der Waals surface area contributed by atoms with Gasteiger partial charge >= 0.3 is 17.9 Å². The van der Waals surface area contributed by atoms with E-state index in [0.717, 1.165) is 103 Å². The molecular formula is C64H110O6. The van der Waals surface area contributed by atoms with E-state index in [1.165, 1.54) is 141 Å². The van der Waals surface area contributed by atoms with Gasteiger partial charge in [-0.15, -0.1) is 0 Å².